The number of amides is 1. The molecule has 0 aromatic carbocycles. The van der Waals surface area contributed by atoms with Crippen LogP contribution >= 0.6 is 0 Å². The molecule has 92 valence electrons. The van der Waals surface area contributed by atoms with Crippen LogP contribution in [0.4, 0.5) is 0 Å². The van der Waals surface area contributed by atoms with E-state index < -0.39 is 0 Å². The van der Waals surface area contributed by atoms with E-state index in [1.54, 1.807) is 4.90 Å². The van der Waals surface area contributed by atoms with Crippen LogP contribution in [0.3, 0.4) is 0 Å². The molecule has 1 unspecified atom stereocenters. The van der Waals surface area contributed by atoms with Crippen molar-refractivity contribution in [3.8, 4) is 5.75 Å². The minimum atomic E-state index is -0.335. The van der Waals surface area contributed by atoms with Crippen molar-refractivity contribution < 1.29 is 19.7 Å². The summed E-state index contributed by atoms with van der Waals surface area (Å²) < 4.78 is 5.19. The molecule has 0 bridgehead atoms. The highest BCUT2D eigenvalue weighted by Crippen LogP contribution is 2.15. The summed E-state index contributed by atoms with van der Waals surface area (Å²) in [5, 5.41) is 18.4. The van der Waals surface area contributed by atoms with Crippen molar-refractivity contribution in [3.63, 3.8) is 0 Å². The highest BCUT2D eigenvalue weighted by molar-refractivity contribution is 5.94. The number of aromatic nitrogens is 1. The summed E-state index contributed by atoms with van der Waals surface area (Å²) in [5.74, 6) is -0.305. The molecule has 0 spiro atoms. The van der Waals surface area contributed by atoms with Crippen LogP contribution in [0.15, 0.2) is 18.5 Å². The summed E-state index contributed by atoms with van der Waals surface area (Å²) in [6, 6.07) is 1.03. The fourth-order valence-electron chi connectivity index (χ4n) is 1.78. The SMILES string of the molecule is O=C(c1cncc(O)c1)N1CCOCC1CO. The Labute approximate surface area is 98.5 Å². The second kappa shape index (κ2) is 5.11. The number of aliphatic hydroxyl groups is 1. The smallest absolute Gasteiger partial charge is 0.256 e. The third-order valence-corrected chi connectivity index (χ3v) is 2.67. The minimum Gasteiger partial charge on any atom is -0.506 e. The van der Waals surface area contributed by atoms with E-state index in [2.05, 4.69) is 4.98 Å². The molecule has 1 aromatic rings. The van der Waals surface area contributed by atoms with Gasteiger partial charge < -0.3 is 19.8 Å². The Bertz CT molecular complexity index is 410. The predicted molar refractivity (Wildman–Crippen MR) is 58.6 cm³/mol. The van der Waals surface area contributed by atoms with Gasteiger partial charge in [0.25, 0.3) is 5.91 Å². The predicted octanol–water partition coefficient (Wildman–Crippen LogP) is -0.380. The van der Waals surface area contributed by atoms with Gasteiger partial charge in [0.1, 0.15) is 5.75 Å². The highest BCUT2D eigenvalue weighted by Gasteiger charge is 2.27. The third kappa shape index (κ3) is 2.54. The van der Waals surface area contributed by atoms with Crippen LogP contribution in [0, 0.1) is 0 Å². The Morgan fingerprint density at radius 1 is 1.59 bits per heavy atom. The maximum atomic E-state index is 12.1. The molecule has 0 saturated carbocycles. The first kappa shape index (κ1) is 11.8. The van der Waals surface area contributed by atoms with Crippen molar-refractivity contribution in [2.45, 2.75) is 6.04 Å². The number of rotatable bonds is 2. The zero-order valence-corrected chi connectivity index (χ0v) is 9.24. The van der Waals surface area contributed by atoms with Crippen LogP contribution in [0.1, 0.15) is 10.4 Å². The average Bonchev–Trinajstić information content (AvgIpc) is 2.38. The molecular formula is C11H14N2O4. The Kier molecular flexibility index (Phi) is 3.55. The first-order chi connectivity index (χ1) is 8.22. The lowest BCUT2D eigenvalue weighted by atomic mass is 10.2. The summed E-state index contributed by atoms with van der Waals surface area (Å²) in [5.41, 5.74) is 0.311. The zero-order chi connectivity index (χ0) is 12.3. The minimum absolute atomic E-state index is 0.0512. The van der Waals surface area contributed by atoms with Gasteiger partial charge in [-0.15, -0.1) is 0 Å². The second-order valence-corrected chi connectivity index (χ2v) is 3.84. The normalized spacial score (nSPS) is 20.3. The van der Waals surface area contributed by atoms with E-state index in [0.717, 1.165) is 0 Å². The van der Waals surface area contributed by atoms with Gasteiger partial charge in [-0.1, -0.05) is 0 Å². The highest BCUT2D eigenvalue weighted by atomic mass is 16.5. The topological polar surface area (TPSA) is 82.9 Å². The quantitative estimate of drug-likeness (QED) is 0.734. The zero-order valence-electron chi connectivity index (χ0n) is 9.24. The van der Waals surface area contributed by atoms with Gasteiger partial charge >= 0.3 is 0 Å². The molecule has 0 aliphatic carbocycles. The number of nitrogens with zero attached hydrogens (tertiary/aromatic N) is 2. The monoisotopic (exact) mass is 238 g/mol. The summed E-state index contributed by atoms with van der Waals surface area (Å²) >= 11 is 0. The first-order valence-corrected chi connectivity index (χ1v) is 5.36. The van der Waals surface area contributed by atoms with Crippen molar-refractivity contribution in [2.24, 2.45) is 0 Å². The molecule has 1 fully saturated rings. The molecule has 6 heteroatoms. The number of morpholine rings is 1. The van der Waals surface area contributed by atoms with Crippen molar-refractivity contribution in [1.29, 1.82) is 0 Å². The number of aliphatic hydroxyl groups excluding tert-OH is 1. The Hall–Kier alpha value is -1.66. The summed E-state index contributed by atoms with van der Waals surface area (Å²) in [7, 11) is 0. The van der Waals surface area contributed by atoms with Crippen LogP contribution in [0.2, 0.25) is 0 Å². The molecule has 1 aromatic heterocycles. The molecule has 1 atom stereocenters. The number of aromatic hydroxyl groups is 1. The van der Waals surface area contributed by atoms with E-state index in [-0.39, 0.29) is 24.3 Å². The number of carbonyl (C=O) groups excluding carboxylic acids is 1. The molecule has 2 N–H and O–H groups in total. The second-order valence-electron chi connectivity index (χ2n) is 3.84. The molecule has 1 aliphatic heterocycles. The lowest BCUT2D eigenvalue weighted by Crippen LogP contribution is -2.50. The van der Waals surface area contributed by atoms with Crippen molar-refractivity contribution in [1.82, 2.24) is 9.88 Å². The first-order valence-electron chi connectivity index (χ1n) is 5.36. The van der Waals surface area contributed by atoms with Gasteiger partial charge in [-0.05, 0) is 6.07 Å². The van der Waals surface area contributed by atoms with E-state index in [1.807, 2.05) is 0 Å². The van der Waals surface area contributed by atoms with E-state index in [0.29, 0.717) is 25.3 Å². The van der Waals surface area contributed by atoms with Gasteiger partial charge in [0.05, 0.1) is 37.6 Å². The summed E-state index contributed by atoms with van der Waals surface area (Å²) in [4.78, 5) is 17.4. The van der Waals surface area contributed by atoms with Crippen molar-refractivity contribution >= 4 is 5.91 Å². The summed E-state index contributed by atoms with van der Waals surface area (Å²) in [6.07, 6.45) is 2.66. The van der Waals surface area contributed by atoms with Crippen LogP contribution in [-0.4, -0.2) is 58.4 Å². The number of hydrogen-bond acceptors (Lipinski definition) is 5. The van der Waals surface area contributed by atoms with Gasteiger partial charge in [0.2, 0.25) is 0 Å². The molecule has 17 heavy (non-hydrogen) atoms. The van der Waals surface area contributed by atoms with Crippen LogP contribution in [0.5, 0.6) is 5.75 Å². The van der Waals surface area contributed by atoms with Gasteiger partial charge in [-0.25, -0.2) is 0 Å². The molecule has 6 nitrogen and oxygen atoms in total. The Morgan fingerprint density at radius 2 is 2.41 bits per heavy atom. The number of hydrogen-bond donors (Lipinski definition) is 2. The van der Waals surface area contributed by atoms with Crippen molar-refractivity contribution in [3.05, 3.63) is 24.0 Å². The lowest BCUT2D eigenvalue weighted by molar-refractivity contribution is -0.0184. The van der Waals surface area contributed by atoms with Crippen LogP contribution < -0.4 is 0 Å². The summed E-state index contributed by atoms with van der Waals surface area (Å²) in [6.45, 7) is 1.07. The third-order valence-electron chi connectivity index (χ3n) is 2.67. The van der Waals surface area contributed by atoms with E-state index in [4.69, 9.17) is 4.74 Å². The molecule has 2 rings (SSSR count). The Balaban J connectivity index is 2.18. The fraction of sp³-hybridized carbons (Fsp3) is 0.455. The largest absolute Gasteiger partial charge is 0.506 e. The molecule has 1 amide bonds. The van der Waals surface area contributed by atoms with Gasteiger partial charge in [0, 0.05) is 12.7 Å². The van der Waals surface area contributed by atoms with Gasteiger partial charge in [0.15, 0.2) is 0 Å². The lowest BCUT2D eigenvalue weighted by Gasteiger charge is -2.34. The van der Waals surface area contributed by atoms with E-state index in [9.17, 15) is 15.0 Å². The van der Waals surface area contributed by atoms with E-state index >= 15 is 0 Å². The number of ether oxygens (including phenoxy) is 1. The maximum Gasteiger partial charge on any atom is 0.256 e. The van der Waals surface area contributed by atoms with Crippen LogP contribution in [-0.2, 0) is 4.74 Å². The van der Waals surface area contributed by atoms with Gasteiger partial charge in [-0.3, -0.25) is 9.78 Å². The maximum absolute atomic E-state index is 12.1. The standard InChI is InChI=1S/C11H14N2O4/c14-6-9-7-17-2-1-13(9)11(16)8-3-10(15)5-12-4-8/h3-5,9,14-15H,1-2,6-7H2. The molecule has 0 radical (unpaired) electrons. The van der Waals surface area contributed by atoms with Crippen LogP contribution in [0.25, 0.3) is 0 Å². The molecule has 1 aliphatic rings. The Morgan fingerprint density at radius 3 is 3.12 bits per heavy atom. The molecule has 2 heterocycles. The molecule has 1 saturated heterocycles. The van der Waals surface area contributed by atoms with E-state index in [1.165, 1.54) is 18.5 Å². The van der Waals surface area contributed by atoms with Gasteiger partial charge in [-0.2, -0.15) is 0 Å². The average molecular weight is 238 g/mol. The number of carbonyl (C=O) groups is 1. The fourth-order valence-corrected chi connectivity index (χ4v) is 1.78. The molecular weight excluding hydrogens is 224 g/mol. The van der Waals surface area contributed by atoms with Crippen molar-refractivity contribution in [2.75, 3.05) is 26.4 Å². The number of pyridine rings is 1.